The van der Waals surface area contributed by atoms with Crippen LogP contribution in [0.15, 0.2) is 59.8 Å². The lowest BCUT2D eigenvalue weighted by Crippen LogP contribution is -2.29. The summed E-state index contributed by atoms with van der Waals surface area (Å²) in [5, 5.41) is 3.28. The SMILES string of the molecule is CCCOc1ccc(C2C(C(=O)OCCOC)=C(C)Nc3nc4ccccc4n32)cc1. The van der Waals surface area contributed by atoms with E-state index in [1.54, 1.807) is 7.11 Å². The molecule has 4 rings (SSSR count). The number of imidazole rings is 1. The smallest absolute Gasteiger partial charge is 0.338 e. The number of carbonyl (C=O) groups is 1. The summed E-state index contributed by atoms with van der Waals surface area (Å²) in [6.07, 6.45) is 0.944. The molecule has 0 aliphatic carbocycles. The summed E-state index contributed by atoms with van der Waals surface area (Å²) in [6, 6.07) is 15.4. The van der Waals surface area contributed by atoms with Gasteiger partial charge in [-0.2, -0.15) is 0 Å². The second kappa shape index (κ2) is 9.22. The number of rotatable bonds is 8. The van der Waals surface area contributed by atoms with E-state index < -0.39 is 0 Å². The Bertz CT molecular complexity index is 1100. The summed E-state index contributed by atoms with van der Waals surface area (Å²) in [5.41, 5.74) is 4.03. The Kier molecular flexibility index (Phi) is 6.23. The van der Waals surface area contributed by atoms with Crippen molar-refractivity contribution in [3.63, 3.8) is 0 Å². The molecule has 1 aliphatic rings. The molecule has 0 saturated carbocycles. The summed E-state index contributed by atoms with van der Waals surface area (Å²) in [6.45, 7) is 5.16. The summed E-state index contributed by atoms with van der Waals surface area (Å²) >= 11 is 0. The van der Waals surface area contributed by atoms with Gasteiger partial charge in [0.15, 0.2) is 0 Å². The molecule has 2 aromatic carbocycles. The van der Waals surface area contributed by atoms with Gasteiger partial charge in [-0.25, -0.2) is 9.78 Å². The highest BCUT2D eigenvalue weighted by molar-refractivity contribution is 5.94. The van der Waals surface area contributed by atoms with Gasteiger partial charge in [-0.1, -0.05) is 31.2 Å². The first kappa shape index (κ1) is 20.9. The normalized spacial score (nSPS) is 15.5. The molecule has 0 fully saturated rings. The maximum Gasteiger partial charge on any atom is 0.338 e. The molecule has 0 saturated heterocycles. The van der Waals surface area contributed by atoms with E-state index in [9.17, 15) is 4.79 Å². The number of nitrogens with zero attached hydrogens (tertiary/aromatic N) is 2. The van der Waals surface area contributed by atoms with E-state index in [-0.39, 0.29) is 18.6 Å². The quantitative estimate of drug-likeness (QED) is 0.432. The van der Waals surface area contributed by atoms with Crippen molar-refractivity contribution >= 4 is 23.0 Å². The monoisotopic (exact) mass is 421 g/mol. The van der Waals surface area contributed by atoms with E-state index in [4.69, 9.17) is 19.2 Å². The highest BCUT2D eigenvalue weighted by Crippen LogP contribution is 2.39. The fourth-order valence-corrected chi connectivity index (χ4v) is 3.81. The molecular formula is C24H27N3O4. The van der Waals surface area contributed by atoms with Crippen molar-refractivity contribution < 1.29 is 19.0 Å². The Labute approximate surface area is 181 Å². The first-order chi connectivity index (χ1) is 15.1. The molecule has 1 N–H and O–H groups in total. The fraction of sp³-hybridized carbons (Fsp3) is 0.333. The Hall–Kier alpha value is -3.32. The molecule has 2 heterocycles. The van der Waals surface area contributed by atoms with Crippen LogP contribution < -0.4 is 10.1 Å². The molecule has 1 aliphatic heterocycles. The van der Waals surface area contributed by atoms with Crippen molar-refractivity contribution in [3.8, 4) is 5.75 Å². The van der Waals surface area contributed by atoms with Gasteiger partial charge in [0.1, 0.15) is 12.4 Å². The van der Waals surface area contributed by atoms with Crippen LogP contribution in [0.1, 0.15) is 31.9 Å². The summed E-state index contributed by atoms with van der Waals surface area (Å²) < 4.78 is 18.3. The van der Waals surface area contributed by atoms with Crippen molar-refractivity contribution in [1.82, 2.24) is 9.55 Å². The number of fused-ring (bicyclic) bond motifs is 3. The van der Waals surface area contributed by atoms with Crippen molar-refractivity contribution in [1.29, 1.82) is 0 Å². The number of nitrogens with one attached hydrogen (secondary N) is 1. The van der Waals surface area contributed by atoms with Gasteiger partial charge in [0.05, 0.1) is 35.9 Å². The molecule has 3 aromatic rings. The predicted octanol–water partition coefficient (Wildman–Crippen LogP) is 4.30. The van der Waals surface area contributed by atoms with Crippen LogP contribution in [-0.2, 0) is 14.3 Å². The van der Waals surface area contributed by atoms with E-state index in [0.717, 1.165) is 34.5 Å². The molecular weight excluding hydrogens is 394 g/mol. The number of carbonyl (C=O) groups excluding carboxylic acids is 1. The number of aromatic nitrogens is 2. The van der Waals surface area contributed by atoms with Crippen LogP contribution in [0, 0.1) is 0 Å². The number of anilines is 1. The number of ether oxygens (including phenoxy) is 3. The zero-order chi connectivity index (χ0) is 21.8. The molecule has 1 aromatic heterocycles. The minimum absolute atomic E-state index is 0.195. The lowest BCUT2D eigenvalue weighted by molar-refractivity contribution is -0.140. The van der Waals surface area contributed by atoms with Gasteiger partial charge < -0.3 is 19.5 Å². The van der Waals surface area contributed by atoms with Crippen molar-refractivity contribution in [3.05, 3.63) is 65.4 Å². The van der Waals surface area contributed by atoms with E-state index >= 15 is 0 Å². The first-order valence-electron chi connectivity index (χ1n) is 10.5. The van der Waals surface area contributed by atoms with Crippen LogP contribution in [0.25, 0.3) is 11.0 Å². The third-order valence-corrected chi connectivity index (χ3v) is 5.24. The maximum atomic E-state index is 13.1. The average molecular weight is 421 g/mol. The number of para-hydroxylation sites is 2. The number of benzene rings is 2. The van der Waals surface area contributed by atoms with Gasteiger partial charge in [-0.3, -0.25) is 4.57 Å². The van der Waals surface area contributed by atoms with E-state index in [2.05, 4.69) is 16.8 Å². The molecule has 0 spiro atoms. The molecule has 162 valence electrons. The minimum atomic E-state index is -0.376. The lowest BCUT2D eigenvalue weighted by Gasteiger charge is -2.30. The zero-order valence-electron chi connectivity index (χ0n) is 18.1. The Morgan fingerprint density at radius 2 is 1.87 bits per heavy atom. The molecule has 0 bridgehead atoms. The van der Waals surface area contributed by atoms with Gasteiger partial charge >= 0.3 is 5.97 Å². The van der Waals surface area contributed by atoms with Gasteiger partial charge in [0.25, 0.3) is 0 Å². The molecule has 1 atom stereocenters. The number of hydrogen-bond donors (Lipinski definition) is 1. The van der Waals surface area contributed by atoms with E-state index in [0.29, 0.717) is 24.7 Å². The first-order valence-corrected chi connectivity index (χ1v) is 10.5. The Morgan fingerprint density at radius 1 is 1.10 bits per heavy atom. The third-order valence-electron chi connectivity index (χ3n) is 5.24. The second-order valence-corrected chi connectivity index (χ2v) is 7.41. The summed E-state index contributed by atoms with van der Waals surface area (Å²) in [7, 11) is 1.58. The Balaban J connectivity index is 1.79. The highest BCUT2D eigenvalue weighted by Gasteiger charge is 2.34. The molecule has 7 nitrogen and oxygen atoms in total. The second-order valence-electron chi connectivity index (χ2n) is 7.41. The number of allylic oxidation sites excluding steroid dienone is 1. The van der Waals surface area contributed by atoms with Crippen LogP contribution in [-0.4, -0.2) is 42.5 Å². The number of methoxy groups -OCH3 is 1. The van der Waals surface area contributed by atoms with Crippen LogP contribution >= 0.6 is 0 Å². The highest BCUT2D eigenvalue weighted by atomic mass is 16.6. The minimum Gasteiger partial charge on any atom is -0.494 e. The third kappa shape index (κ3) is 4.14. The van der Waals surface area contributed by atoms with Crippen molar-refractivity contribution in [2.75, 3.05) is 32.2 Å². The van der Waals surface area contributed by atoms with E-state index in [1.165, 1.54) is 0 Å². The maximum absolute atomic E-state index is 13.1. The zero-order valence-corrected chi connectivity index (χ0v) is 18.1. The van der Waals surface area contributed by atoms with Crippen LogP contribution in [0.2, 0.25) is 0 Å². The van der Waals surface area contributed by atoms with Gasteiger partial charge in [0.2, 0.25) is 5.95 Å². The van der Waals surface area contributed by atoms with Gasteiger partial charge in [-0.05, 0) is 43.2 Å². The summed E-state index contributed by atoms with van der Waals surface area (Å²) in [4.78, 5) is 17.8. The molecule has 7 heteroatoms. The molecule has 0 radical (unpaired) electrons. The van der Waals surface area contributed by atoms with Crippen molar-refractivity contribution in [2.45, 2.75) is 26.3 Å². The summed E-state index contributed by atoms with van der Waals surface area (Å²) in [5.74, 6) is 1.13. The predicted molar refractivity (Wildman–Crippen MR) is 119 cm³/mol. The molecule has 1 unspecified atom stereocenters. The average Bonchev–Trinajstić information content (AvgIpc) is 3.15. The molecule has 0 amide bonds. The number of hydrogen-bond acceptors (Lipinski definition) is 6. The van der Waals surface area contributed by atoms with Crippen LogP contribution in [0.3, 0.4) is 0 Å². The van der Waals surface area contributed by atoms with Crippen LogP contribution in [0.4, 0.5) is 5.95 Å². The standard InChI is InChI=1S/C24H27N3O4/c1-4-13-30-18-11-9-17(10-12-18)22-21(23(28)31-15-14-29-3)16(2)25-24-26-19-7-5-6-8-20(19)27(22)24/h5-12,22H,4,13-15H2,1-3H3,(H,25,26). The molecule has 31 heavy (non-hydrogen) atoms. The largest absolute Gasteiger partial charge is 0.494 e. The van der Waals surface area contributed by atoms with Gasteiger partial charge in [-0.15, -0.1) is 0 Å². The van der Waals surface area contributed by atoms with Crippen LogP contribution in [0.5, 0.6) is 5.75 Å². The fourth-order valence-electron chi connectivity index (χ4n) is 3.81. The van der Waals surface area contributed by atoms with Crippen molar-refractivity contribution in [2.24, 2.45) is 0 Å². The van der Waals surface area contributed by atoms with E-state index in [1.807, 2.05) is 55.5 Å². The number of esters is 1. The van der Waals surface area contributed by atoms with Gasteiger partial charge in [0, 0.05) is 12.8 Å². The Morgan fingerprint density at radius 3 is 2.61 bits per heavy atom. The lowest BCUT2D eigenvalue weighted by atomic mass is 9.95. The topological polar surface area (TPSA) is 74.6 Å².